The Morgan fingerprint density at radius 3 is 2.62 bits per heavy atom. The lowest BCUT2D eigenvalue weighted by Gasteiger charge is -2.33. The Kier molecular flexibility index (Phi) is 9.25. The summed E-state index contributed by atoms with van der Waals surface area (Å²) in [5.41, 5.74) is 4.39. The Labute approximate surface area is 293 Å². The molecule has 264 valence electrons. The highest BCUT2D eigenvalue weighted by molar-refractivity contribution is 5.89. The molecule has 7 rings (SSSR count). The molecular formula is C37H49N11O2. The number of aromatic nitrogens is 7. The molecule has 0 radical (unpaired) electrons. The molecule has 5 aromatic rings. The fourth-order valence-electron chi connectivity index (χ4n) is 6.94. The second kappa shape index (κ2) is 13.8. The number of hydrogen-bond acceptors (Lipinski definition) is 8. The second-order valence-electron chi connectivity index (χ2n) is 14.9. The van der Waals surface area contributed by atoms with Gasteiger partial charge in [0.05, 0.1) is 36.9 Å². The van der Waals surface area contributed by atoms with Gasteiger partial charge in [0.1, 0.15) is 23.4 Å². The van der Waals surface area contributed by atoms with Crippen molar-refractivity contribution in [2.24, 2.45) is 0 Å². The number of hydrogen-bond donors (Lipinski definition) is 2. The fraction of sp³-hybridized carbons (Fsp3) is 0.486. The van der Waals surface area contributed by atoms with Gasteiger partial charge >= 0.3 is 6.03 Å². The van der Waals surface area contributed by atoms with Crippen LogP contribution in [0.3, 0.4) is 0 Å². The number of fused-ring (bicyclic) bond motifs is 2. The predicted molar refractivity (Wildman–Crippen MR) is 194 cm³/mol. The van der Waals surface area contributed by atoms with Crippen molar-refractivity contribution in [1.29, 1.82) is 0 Å². The molecule has 5 heterocycles. The van der Waals surface area contributed by atoms with E-state index in [0.29, 0.717) is 11.9 Å². The molecule has 1 aliphatic carbocycles. The average molecular weight is 680 g/mol. The predicted octanol–water partition coefficient (Wildman–Crippen LogP) is 6.13. The monoisotopic (exact) mass is 679 g/mol. The van der Waals surface area contributed by atoms with E-state index in [-0.39, 0.29) is 23.6 Å². The molecule has 4 aromatic heterocycles. The third-order valence-electron chi connectivity index (χ3n) is 9.80. The topological polar surface area (TPSA) is 123 Å². The number of pyridine rings is 1. The number of rotatable bonds is 9. The second-order valence-corrected chi connectivity index (χ2v) is 14.9. The van der Waals surface area contributed by atoms with Crippen molar-refractivity contribution < 1.29 is 9.53 Å². The van der Waals surface area contributed by atoms with Gasteiger partial charge in [0, 0.05) is 30.6 Å². The molecule has 2 amide bonds. The van der Waals surface area contributed by atoms with Crippen LogP contribution in [0, 0.1) is 0 Å². The molecule has 50 heavy (non-hydrogen) atoms. The maximum atomic E-state index is 13.6. The van der Waals surface area contributed by atoms with Crippen LogP contribution in [-0.2, 0) is 12.0 Å². The number of carbonyl (C=O) groups excluding carboxylic acids is 1. The van der Waals surface area contributed by atoms with E-state index in [1.807, 2.05) is 65.9 Å². The van der Waals surface area contributed by atoms with Gasteiger partial charge in [0.15, 0.2) is 5.65 Å². The molecule has 13 nitrogen and oxygen atoms in total. The van der Waals surface area contributed by atoms with Gasteiger partial charge in [-0.15, -0.1) is 10.2 Å². The summed E-state index contributed by atoms with van der Waals surface area (Å²) in [4.78, 5) is 18.1. The first-order chi connectivity index (χ1) is 24.0. The normalized spacial score (nSPS) is 19.5. The quantitative estimate of drug-likeness (QED) is 0.191. The number of benzene rings is 1. The molecule has 1 aliphatic heterocycles. The molecule has 0 unspecified atom stereocenters. The molecule has 1 saturated heterocycles. The lowest BCUT2D eigenvalue weighted by Crippen LogP contribution is -2.38. The van der Waals surface area contributed by atoms with E-state index in [1.54, 1.807) is 10.9 Å². The first-order valence-electron chi connectivity index (χ1n) is 17.8. The molecule has 0 bridgehead atoms. The van der Waals surface area contributed by atoms with Gasteiger partial charge < -0.3 is 19.9 Å². The highest BCUT2D eigenvalue weighted by Crippen LogP contribution is 2.39. The summed E-state index contributed by atoms with van der Waals surface area (Å²) < 4.78 is 12.4. The molecule has 2 aliphatic rings. The summed E-state index contributed by atoms with van der Waals surface area (Å²) >= 11 is 0. The fourth-order valence-corrected chi connectivity index (χ4v) is 6.94. The number of nitrogens with zero attached hydrogens (tertiary/aromatic N) is 9. The minimum atomic E-state index is -0.289. The zero-order chi connectivity index (χ0) is 35.0. The van der Waals surface area contributed by atoms with Crippen LogP contribution in [0.5, 0.6) is 5.75 Å². The van der Waals surface area contributed by atoms with E-state index >= 15 is 0 Å². The van der Waals surface area contributed by atoms with Gasteiger partial charge in [0.25, 0.3) is 0 Å². The summed E-state index contributed by atoms with van der Waals surface area (Å²) in [5.74, 6) is 2.22. The van der Waals surface area contributed by atoms with Crippen molar-refractivity contribution >= 4 is 23.4 Å². The number of ether oxygens (including phenoxy) is 1. The number of urea groups is 1. The summed E-state index contributed by atoms with van der Waals surface area (Å²) in [6.45, 7) is 11.2. The Morgan fingerprint density at radius 2 is 1.84 bits per heavy atom. The van der Waals surface area contributed by atoms with Crippen molar-refractivity contribution in [2.45, 2.75) is 89.9 Å². The maximum Gasteiger partial charge on any atom is 0.320 e. The molecular weight excluding hydrogens is 630 g/mol. The first-order valence-corrected chi connectivity index (χ1v) is 17.8. The Bertz CT molecular complexity index is 1950. The molecule has 0 spiro atoms. The Hall–Kier alpha value is -4.91. The van der Waals surface area contributed by atoms with Crippen LogP contribution >= 0.6 is 0 Å². The SMILES string of the molecule is C[C@H]1CCCCN1c1nnc2ccc(O[C@@H]3CC[C@H](NC(=O)Nc4cc(C(C)(C)C)nn4-c4cnn(CCN(C)C)c4)c4ccccc43)cn12. The smallest absolute Gasteiger partial charge is 0.320 e. The van der Waals surface area contributed by atoms with Crippen LogP contribution in [0.25, 0.3) is 11.3 Å². The van der Waals surface area contributed by atoms with Crippen molar-refractivity contribution in [3.63, 3.8) is 0 Å². The number of carbonyl (C=O) groups is 1. The third-order valence-corrected chi connectivity index (χ3v) is 9.80. The van der Waals surface area contributed by atoms with Crippen LogP contribution in [0.4, 0.5) is 16.6 Å². The summed E-state index contributed by atoms with van der Waals surface area (Å²) in [6, 6.07) is 14.1. The number of amides is 2. The van der Waals surface area contributed by atoms with Crippen molar-refractivity contribution in [2.75, 3.05) is 37.4 Å². The van der Waals surface area contributed by atoms with Crippen LogP contribution < -0.4 is 20.3 Å². The third kappa shape index (κ3) is 7.05. The van der Waals surface area contributed by atoms with E-state index in [9.17, 15) is 4.79 Å². The number of anilines is 2. The highest BCUT2D eigenvalue weighted by Gasteiger charge is 2.31. The van der Waals surface area contributed by atoms with Gasteiger partial charge in [-0.05, 0) is 76.4 Å². The zero-order valence-electron chi connectivity index (χ0n) is 30.0. The average Bonchev–Trinajstić information content (AvgIpc) is 3.84. The van der Waals surface area contributed by atoms with Gasteiger partial charge in [-0.25, -0.2) is 9.48 Å². The summed E-state index contributed by atoms with van der Waals surface area (Å²) in [7, 11) is 4.08. The number of nitrogens with one attached hydrogen (secondary N) is 2. The summed E-state index contributed by atoms with van der Waals surface area (Å²) in [5, 5.41) is 24.7. The van der Waals surface area contributed by atoms with Crippen molar-refractivity contribution in [3.05, 3.63) is 77.9 Å². The van der Waals surface area contributed by atoms with Crippen LogP contribution in [0.2, 0.25) is 0 Å². The first kappa shape index (κ1) is 33.6. The van der Waals surface area contributed by atoms with E-state index < -0.39 is 0 Å². The van der Waals surface area contributed by atoms with Crippen molar-refractivity contribution in [3.8, 4) is 11.4 Å². The molecule has 1 fully saturated rings. The zero-order valence-corrected chi connectivity index (χ0v) is 30.0. The van der Waals surface area contributed by atoms with Crippen molar-refractivity contribution in [1.82, 2.24) is 44.4 Å². The van der Waals surface area contributed by atoms with E-state index in [1.165, 1.54) is 6.42 Å². The van der Waals surface area contributed by atoms with Gasteiger partial charge in [-0.1, -0.05) is 45.0 Å². The summed E-state index contributed by atoms with van der Waals surface area (Å²) in [6.07, 6.45) is 10.6. The van der Waals surface area contributed by atoms with E-state index in [2.05, 4.69) is 75.6 Å². The largest absolute Gasteiger partial charge is 0.484 e. The molecule has 13 heteroatoms. The minimum absolute atomic E-state index is 0.154. The van der Waals surface area contributed by atoms with Crippen LogP contribution in [0.1, 0.15) is 88.8 Å². The Balaban J connectivity index is 1.07. The Morgan fingerprint density at radius 1 is 1.02 bits per heavy atom. The van der Waals surface area contributed by atoms with Gasteiger partial charge in [-0.2, -0.15) is 10.2 Å². The lowest BCUT2D eigenvalue weighted by molar-refractivity contribution is 0.171. The molecule has 0 saturated carbocycles. The number of piperidine rings is 1. The van der Waals surface area contributed by atoms with Gasteiger partial charge in [-0.3, -0.25) is 14.4 Å². The standard InChI is InChI=1S/C37H49N11O2/c1-25-11-9-10-18-46(25)36-42-41-33-17-14-27(24-47(33)36)50-31-16-15-30(28-12-7-8-13-29(28)31)39-35(49)40-34-21-32(37(2,3)4)43-48(34)26-22-38-45(23-26)20-19-44(5)6/h7-8,12-14,17,21-25,30-31H,9-11,15-16,18-20H2,1-6H3,(H2,39,40,49)/t25-,30-,31+/m0/s1. The highest BCUT2D eigenvalue weighted by atomic mass is 16.5. The van der Waals surface area contributed by atoms with E-state index in [0.717, 1.165) is 85.2 Å². The van der Waals surface area contributed by atoms with Crippen LogP contribution in [0.15, 0.2) is 61.1 Å². The maximum absolute atomic E-state index is 13.6. The molecule has 2 N–H and O–H groups in total. The molecule has 1 aromatic carbocycles. The number of likely N-dealkylation sites (N-methyl/N-ethyl adjacent to an activating group) is 1. The van der Waals surface area contributed by atoms with E-state index in [4.69, 9.17) is 9.84 Å². The minimum Gasteiger partial charge on any atom is -0.484 e. The lowest BCUT2D eigenvalue weighted by atomic mass is 9.85. The molecule has 3 atom stereocenters. The van der Waals surface area contributed by atoms with Gasteiger partial charge in [0.2, 0.25) is 5.95 Å². The van der Waals surface area contributed by atoms with Crippen LogP contribution in [-0.4, -0.2) is 78.3 Å².